The first-order valence-electron chi connectivity index (χ1n) is 3.33. The molecule has 58 valence electrons. The first-order chi connectivity index (χ1) is 5.20. The van der Waals surface area contributed by atoms with E-state index in [2.05, 4.69) is 0 Å². The fourth-order valence-electron chi connectivity index (χ4n) is 0.811. The third-order valence-corrected chi connectivity index (χ3v) is 1.29. The van der Waals surface area contributed by atoms with Crippen LogP contribution in [0.2, 0.25) is 0 Å². The van der Waals surface area contributed by atoms with Crippen molar-refractivity contribution in [2.75, 3.05) is 0 Å². The molecule has 0 aromatic heterocycles. The van der Waals surface area contributed by atoms with E-state index in [0.29, 0.717) is 5.57 Å². The van der Waals surface area contributed by atoms with Crippen molar-refractivity contribution in [1.29, 1.82) is 0 Å². The maximum atomic E-state index is 11.1. The molecule has 0 aliphatic heterocycles. The minimum absolute atomic E-state index is 0.0381. The molecular weight excluding hydrogens is 140 g/mol. The lowest BCUT2D eigenvalue weighted by molar-refractivity contribution is -0.296. The molecule has 1 aliphatic rings. The van der Waals surface area contributed by atoms with Crippen LogP contribution in [-0.2, 0) is 0 Å². The van der Waals surface area contributed by atoms with Gasteiger partial charge in [-0.1, -0.05) is 30.1 Å². The van der Waals surface area contributed by atoms with Gasteiger partial charge in [0.15, 0.2) is 0 Å². The highest BCUT2D eigenvalue weighted by atomic mass is 16.3. The van der Waals surface area contributed by atoms with Gasteiger partial charge >= 0.3 is 0 Å². The second-order valence-electron chi connectivity index (χ2n) is 2.32. The molecule has 0 spiro atoms. The van der Waals surface area contributed by atoms with Gasteiger partial charge in [-0.2, -0.15) is 0 Å². The highest BCUT2D eigenvalue weighted by molar-refractivity contribution is 5.43. The summed E-state index contributed by atoms with van der Waals surface area (Å²) in [5.41, 5.74) is 0.610. The van der Waals surface area contributed by atoms with Crippen LogP contribution in [0.1, 0.15) is 6.92 Å². The molecule has 1 aliphatic carbocycles. The van der Waals surface area contributed by atoms with Crippen molar-refractivity contribution < 1.29 is 10.2 Å². The Bertz CT molecular complexity index is 249. The van der Waals surface area contributed by atoms with E-state index < -0.39 is 0 Å². The maximum Gasteiger partial charge on any atom is 0.0885 e. The normalized spacial score (nSPS) is 16.1. The van der Waals surface area contributed by atoms with Crippen molar-refractivity contribution in [3.63, 3.8) is 0 Å². The molecule has 0 aromatic carbocycles. The van der Waals surface area contributed by atoms with E-state index in [0.717, 1.165) is 0 Å². The van der Waals surface area contributed by atoms with Gasteiger partial charge in [-0.15, -0.1) is 0 Å². The quantitative estimate of drug-likeness (QED) is 0.569. The molecule has 0 atom stereocenters. The summed E-state index contributed by atoms with van der Waals surface area (Å²) in [6, 6.07) is 0. The molecule has 0 saturated carbocycles. The number of allylic oxidation sites excluding steroid dienone is 7. The fourth-order valence-corrected chi connectivity index (χ4v) is 0.811. The Morgan fingerprint density at radius 2 is 2.00 bits per heavy atom. The van der Waals surface area contributed by atoms with E-state index >= 15 is 0 Å². The minimum atomic E-state index is -0.157. The monoisotopic (exact) mass is 149 g/mol. The van der Waals surface area contributed by atoms with Gasteiger partial charge in [0.05, 0.1) is 5.76 Å². The number of rotatable bonds is 1. The fraction of sp³-hybridized carbons (Fsp3) is 0.111. The first kappa shape index (κ1) is 7.66. The molecule has 11 heavy (non-hydrogen) atoms. The van der Waals surface area contributed by atoms with Crippen molar-refractivity contribution in [3.05, 3.63) is 47.5 Å². The van der Waals surface area contributed by atoms with Crippen molar-refractivity contribution in [2.45, 2.75) is 6.92 Å². The zero-order valence-corrected chi connectivity index (χ0v) is 6.24. The van der Waals surface area contributed by atoms with Gasteiger partial charge in [-0.05, 0) is 18.6 Å². The Hall–Kier alpha value is -1.44. The van der Waals surface area contributed by atoms with Gasteiger partial charge in [0.1, 0.15) is 0 Å². The molecule has 2 heteroatoms. The van der Waals surface area contributed by atoms with Gasteiger partial charge in [0, 0.05) is 0 Å². The van der Waals surface area contributed by atoms with E-state index in [1.165, 1.54) is 13.0 Å². The number of hydrogen-bond donors (Lipinski definition) is 1. The van der Waals surface area contributed by atoms with Gasteiger partial charge < -0.3 is 10.2 Å². The van der Waals surface area contributed by atoms with E-state index in [9.17, 15) is 5.11 Å². The highest BCUT2D eigenvalue weighted by Gasteiger charge is 1.91. The lowest BCUT2D eigenvalue weighted by Crippen LogP contribution is -2.03. The summed E-state index contributed by atoms with van der Waals surface area (Å²) in [5.74, 6) is -0.119. The van der Waals surface area contributed by atoms with Gasteiger partial charge in [0.2, 0.25) is 0 Å². The average Bonchev–Trinajstić information content (AvgIpc) is 2.35. The molecule has 1 N–H and O–H groups in total. The molecule has 0 unspecified atom stereocenters. The van der Waals surface area contributed by atoms with Crippen molar-refractivity contribution in [1.82, 2.24) is 0 Å². The van der Waals surface area contributed by atoms with Crippen LogP contribution in [-0.4, -0.2) is 5.11 Å². The topological polar surface area (TPSA) is 43.3 Å². The molecule has 0 bridgehead atoms. The maximum absolute atomic E-state index is 11.1. The van der Waals surface area contributed by atoms with Crippen LogP contribution < -0.4 is 5.11 Å². The van der Waals surface area contributed by atoms with E-state index in [-0.39, 0.29) is 11.5 Å². The van der Waals surface area contributed by atoms with Crippen LogP contribution in [0, 0.1) is 0 Å². The predicted octanol–water partition coefficient (Wildman–Crippen LogP) is 1.19. The average molecular weight is 149 g/mol. The Morgan fingerprint density at radius 1 is 1.45 bits per heavy atom. The molecule has 0 amide bonds. The van der Waals surface area contributed by atoms with E-state index in [4.69, 9.17) is 5.11 Å². The lowest BCUT2D eigenvalue weighted by atomic mass is 10.2. The summed E-state index contributed by atoms with van der Waals surface area (Å²) in [4.78, 5) is 0. The largest absolute Gasteiger partial charge is 0.872 e. The molecule has 0 fully saturated rings. The molecule has 0 heterocycles. The standard InChI is InChI=1S/C9H10O2/c1-7(10)6-9(11)8-4-2-3-5-8/h2-6,10-11H,1H3/p-1. The Labute approximate surface area is 65.5 Å². The number of aliphatic hydroxyl groups is 1. The molecule has 0 aromatic rings. The predicted molar refractivity (Wildman–Crippen MR) is 41.7 cm³/mol. The molecule has 0 saturated heterocycles. The molecule has 1 rings (SSSR count). The zero-order chi connectivity index (χ0) is 8.27. The molecule has 0 radical (unpaired) electrons. The summed E-state index contributed by atoms with van der Waals surface area (Å²) in [6.45, 7) is 1.47. The molecule has 2 nitrogen and oxygen atoms in total. The van der Waals surface area contributed by atoms with Gasteiger partial charge in [0.25, 0.3) is 0 Å². The summed E-state index contributed by atoms with van der Waals surface area (Å²) in [6.07, 6.45) is 8.19. The van der Waals surface area contributed by atoms with Crippen LogP contribution in [0.5, 0.6) is 0 Å². The number of aliphatic hydroxyl groups excluding tert-OH is 1. The van der Waals surface area contributed by atoms with E-state index in [1.54, 1.807) is 24.3 Å². The minimum Gasteiger partial charge on any atom is -0.872 e. The Balaban J connectivity index is 2.89. The highest BCUT2D eigenvalue weighted by Crippen LogP contribution is 2.10. The lowest BCUT2D eigenvalue weighted by Gasteiger charge is -2.08. The Kier molecular flexibility index (Phi) is 2.16. The van der Waals surface area contributed by atoms with Gasteiger partial charge in [-0.25, -0.2) is 0 Å². The second kappa shape index (κ2) is 3.10. The Morgan fingerprint density at radius 3 is 2.45 bits per heavy atom. The third-order valence-electron chi connectivity index (χ3n) is 1.29. The summed E-state index contributed by atoms with van der Waals surface area (Å²) in [5, 5.41) is 19.8. The van der Waals surface area contributed by atoms with E-state index in [1.807, 2.05) is 0 Å². The zero-order valence-electron chi connectivity index (χ0n) is 6.24. The smallest absolute Gasteiger partial charge is 0.0885 e. The second-order valence-corrected chi connectivity index (χ2v) is 2.32. The first-order valence-corrected chi connectivity index (χ1v) is 3.33. The van der Waals surface area contributed by atoms with Crippen LogP contribution in [0.15, 0.2) is 47.5 Å². The van der Waals surface area contributed by atoms with Crippen LogP contribution in [0.25, 0.3) is 0 Å². The summed E-state index contributed by atoms with van der Waals surface area (Å²) in [7, 11) is 0. The SMILES string of the molecule is CC(O)=CC([O-])=C1C=CC=C1. The van der Waals surface area contributed by atoms with Crippen molar-refractivity contribution in [2.24, 2.45) is 0 Å². The molecular formula is C9H9O2-. The third kappa shape index (κ3) is 2.00. The van der Waals surface area contributed by atoms with Crippen molar-refractivity contribution >= 4 is 0 Å². The van der Waals surface area contributed by atoms with Crippen LogP contribution in [0.4, 0.5) is 0 Å². The number of hydrogen-bond acceptors (Lipinski definition) is 2. The van der Waals surface area contributed by atoms with Crippen molar-refractivity contribution in [3.8, 4) is 0 Å². The van der Waals surface area contributed by atoms with Gasteiger partial charge in [-0.3, -0.25) is 0 Å². The van der Waals surface area contributed by atoms with Crippen LogP contribution in [0.3, 0.4) is 0 Å². The summed E-state index contributed by atoms with van der Waals surface area (Å²) >= 11 is 0. The summed E-state index contributed by atoms with van der Waals surface area (Å²) < 4.78 is 0. The van der Waals surface area contributed by atoms with Crippen LogP contribution >= 0.6 is 0 Å².